The fourth-order valence-corrected chi connectivity index (χ4v) is 4.90. The molecule has 1 N–H and O–H groups in total. The molecule has 1 saturated heterocycles. The van der Waals surface area contributed by atoms with Gasteiger partial charge in [-0.15, -0.1) is 11.3 Å². The van der Waals surface area contributed by atoms with E-state index < -0.39 is 0 Å². The fourth-order valence-electron chi connectivity index (χ4n) is 3.81. The Morgan fingerprint density at radius 2 is 2.12 bits per heavy atom. The number of carbonyl (C=O) groups is 1. The molecule has 1 atom stereocenters. The Morgan fingerprint density at radius 1 is 1.31 bits per heavy atom. The number of thiophene rings is 1. The van der Waals surface area contributed by atoms with Crippen molar-refractivity contribution in [3.05, 3.63) is 49.3 Å². The first-order chi connectivity index (χ1) is 12.5. The standard InChI is InChI=1S/C19H24N4O2S/c1-12-21-14-8-11-23(10-7-13(14)18(24)22(12)2)19(25)17-6-5-16(26-17)15-4-3-9-20-15/h5-6,15,20H,3-4,7-11H2,1-2H3/t15-/m0/s1. The second-order valence-electron chi connectivity index (χ2n) is 7.09. The van der Waals surface area contributed by atoms with Crippen molar-refractivity contribution in [1.29, 1.82) is 0 Å². The number of hydrogen-bond acceptors (Lipinski definition) is 5. The first-order valence-electron chi connectivity index (χ1n) is 9.22. The van der Waals surface area contributed by atoms with Crippen LogP contribution in [0.4, 0.5) is 0 Å². The summed E-state index contributed by atoms with van der Waals surface area (Å²) < 4.78 is 1.59. The van der Waals surface area contributed by atoms with Gasteiger partial charge in [-0.2, -0.15) is 0 Å². The van der Waals surface area contributed by atoms with Crippen LogP contribution < -0.4 is 10.9 Å². The number of rotatable bonds is 2. The molecule has 6 nitrogen and oxygen atoms in total. The number of nitrogens with zero attached hydrogens (tertiary/aromatic N) is 3. The fraction of sp³-hybridized carbons (Fsp3) is 0.526. The van der Waals surface area contributed by atoms with Crippen molar-refractivity contribution in [2.24, 2.45) is 7.05 Å². The number of hydrogen-bond donors (Lipinski definition) is 1. The summed E-state index contributed by atoms with van der Waals surface area (Å²) in [6.07, 6.45) is 3.54. The molecule has 0 aromatic carbocycles. The van der Waals surface area contributed by atoms with Gasteiger partial charge in [-0.25, -0.2) is 4.98 Å². The highest BCUT2D eigenvalue weighted by molar-refractivity contribution is 7.14. The van der Waals surface area contributed by atoms with Crippen LogP contribution in [-0.2, 0) is 19.9 Å². The van der Waals surface area contributed by atoms with E-state index in [0.29, 0.717) is 32.0 Å². The molecule has 4 rings (SSSR count). The third-order valence-corrected chi connectivity index (χ3v) is 6.66. The van der Waals surface area contributed by atoms with Crippen LogP contribution in [0.15, 0.2) is 16.9 Å². The number of amides is 1. The number of fused-ring (bicyclic) bond motifs is 1. The molecule has 2 aromatic heterocycles. The molecule has 1 amide bonds. The summed E-state index contributed by atoms with van der Waals surface area (Å²) in [6, 6.07) is 4.42. The quantitative estimate of drug-likeness (QED) is 0.873. The number of aromatic nitrogens is 2. The van der Waals surface area contributed by atoms with Crippen molar-refractivity contribution in [2.45, 2.75) is 38.6 Å². The van der Waals surface area contributed by atoms with Gasteiger partial charge in [0.25, 0.3) is 11.5 Å². The number of aryl methyl sites for hydroxylation is 1. The van der Waals surface area contributed by atoms with Crippen LogP contribution in [0, 0.1) is 6.92 Å². The van der Waals surface area contributed by atoms with Crippen LogP contribution in [0.3, 0.4) is 0 Å². The molecule has 26 heavy (non-hydrogen) atoms. The van der Waals surface area contributed by atoms with Gasteiger partial charge in [0.1, 0.15) is 5.82 Å². The zero-order valence-electron chi connectivity index (χ0n) is 15.2. The Balaban J connectivity index is 1.52. The van der Waals surface area contributed by atoms with Gasteiger partial charge in [-0.05, 0) is 44.9 Å². The van der Waals surface area contributed by atoms with Crippen LogP contribution in [0.2, 0.25) is 0 Å². The maximum absolute atomic E-state index is 13.0. The van der Waals surface area contributed by atoms with Crippen molar-refractivity contribution < 1.29 is 4.79 Å². The first kappa shape index (κ1) is 17.4. The highest BCUT2D eigenvalue weighted by atomic mass is 32.1. The summed E-state index contributed by atoms with van der Waals surface area (Å²) in [5.41, 5.74) is 1.63. The highest BCUT2D eigenvalue weighted by Crippen LogP contribution is 2.30. The average Bonchev–Trinajstić information content (AvgIpc) is 3.28. The molecular weight excluding hydrogens is 348 g/mol. The zero-order chi connectivity index (χ0) is 18.3. The lowest BCUT2D eigenvalue weighted by Crippen LogP contribution is -2.33. The third-order valence-electron chi connectivity index (χ3n) is 5.47. The molecule has 0 bridgehead atoms. The van der Waals surface area contributed by atoms with E-state index >= 15 is 0 Å². The Bertz CT molecular complexity index is 895. The van der Waals surface area contributed by atoms with Crippen LogP contribution in [-0.4, -0.2) is 40.0 Å². The Labute approximate surface area is 156 Å². The molecule has 138 valence electrons. The molecule has 4 heterocycles. The van der Waals surface area contributed by atoms with E-state index in [-0.39, 0.29) is 11.5 Å². The predicted octanol–water partition coefficient (Wildman–Crippen LogP) is 1.82. The monoisotopic (exact) mass is 372 g/mol. The molecule has 2 aliphatic rings. The summed E-state index contributed by atoms with van der Waals surface area (Å²) in [7, 11) is 1.75. The smallest absolute Gasteiger partial charge is 0.263 e. The minimum absolute atomic E-state index is 0.0208. The van der Waals surface area contributed by atoms with E-state index in [1.165, 1.54) is 11.3 Å². The predicted molar refractivity (Wildman–Crippen MR) is 102 cm³/mol. The molecule has 0 radical (unpaired) electrons. The van der Waals surface area contributed by atoms with Crippen molar-refractivity contribution >= 4 is 17.2 Å². The lowest BCUT2D eigenvalue weighted by Gasteiger charge is -2.19. The van der Waals surface area contributed by atoms with Crippen molar-refractivity contribution in [2.75, 3.05) is 19.6 Å². The van der Waals surface area contributed by atoms with Gasteiger partial charge < -0.3 is 10.2 Å². The second-order valence-corrected chi connectivity index (χ2v) is 8.21. The maximum atomic E-state index is 13.0. The van der Waals surface area contributed by atoms with Gasteiger partial charge >= 0.3 is 0 Å². The second kappa shape index (κ2) is 6.96. The Kier molecular flexibility index (Phi) is 4.67. The largest absolute Gasteiger partial charge is 0.337 e. The van der Waals surface area contributed by atoms with E-state index in [0.717, 1.165) is 34.9 Å². The summed E-state index contributed by atoms with van der Waals surface area (Å²) >= 11 is 1.60. The Morgan fingerprint density at radius 3 is 2.88 bits per heavy atom. The van der Waals surface area contributed by atoms with E-state index in [1.807, 2.05) is 17.9 Å². The summed E-state index contributed by atoms with van der Waals surface area (Å²) in [4.78, 5) is 33.9. The number of nitrogens with one attached hydrogen (secondary N) is 1. The normalized spacial score (nSPS) is 20.1. The highest BCUT2D eigenvalue weighted by Gasteiger charge is 2.25. The third kappa shape index (κ3) is 3.10. The van der Waals surface area contributed by atoms with Crippen LogP contribution >= 0.6 is 11.3 Å². The first-order valence-corrected chi connectivity index (χ1v) is 10.0. The van der Waals surface area contributed by atoms with Crippen molar-refractivity contribution in [3.8, 4) is 0 Å². The van der Waals surface area contributed by atoms with Crippen LogP contribution in [0.5, 0.6) is 0 Å². The summed E-state index contributed by atoms with van der Waals surface area (Å²) in [6.45, 7) is 4.08. The van der Waals surface area contributed by atoms with Gasteiger partial charge in [0.05, 0.1) is 10.6 Å². The van der Waals surface area contributed by atoms with E-state index in [9.17, 15) is 9.59 Å². The lowest BCUT2D eigenvalue weighted by atomic mass is 10.1. The van der Waals surface area contributed by atoms with Crippen LogP contribution in [0.1, 0.15) is 50.5 Å². The summed E-state index contributed by atoms with van der Waals surface area (Å²) in [5.74, 6) is 0.793. The van der Waals surface area contributed by atoms with Crippen molar-refractivity contribution in [3.63, 3.8) is 0 Å². The minimum atomic E-state index is 0.0208. The van der Waals surface area contributed by atoms with E-state index in [2.05, 4.69) is 16.4 Å². The van der Waals surface area contributed by atoms with Gasteiger partial charge in [0.15, 0.2) is 0 Å². The molecule has 0 unspecified atom stereocenters. The lowest BCUT2D eigenvalue weighted by molar-refractivity contribution is 0.0767. The molecule has 0 spiro atoms. The average molecular weight is 372 g/mol. The topological polar surface area (TPSA) is 67.2 Å². The van der Waals surface area contributed by atoms with Crippen molar-refractivity contribution in [1.82, 2.24) is 19.8 Å². The number of carbonyl (C=O) groups excluding carboxylic acids is 1. The van der Waals surface area contributed by atoms with E-state index in [4.69, 9.17) is 0 Å². The maximum Gasteiger partial charge on any atom is 0.263 e. The van der Waals surface area contributed by atoms with Gasteiger partial charge in [-0.1, -0.05) is 0 Å². The molecule has 2 aromatic rings. The molecule has 0 aliphatic carbocycles. The van der Waals surface area contributed by atoms with Gasteiger partial charge in [-0.3, -0.25) is 14.2 Å². The molecule has 0 saturated carbocycles. The molecule has 2 aliphatic heterocycles. The molecular formula is C19H24N4O2S. The minimum Gasteiger partial charge on any atom is -0.337 e. The summed E-state index contributed by atoms with van der Waals surface area (Å²) in [5, 5.41) is 3.48. The zero-order valence-corrected chi connectivity index (χ0v) is 16.1. The molecule has 1 fully saturated rings. The Hall–Kier alpha value is -1.99. The van der Waals surface area contributed by atoms with Crippen LogP contribution in [0.25, 0.3) is 0 Å². The van der Waals surface area contributed by atoms with Gasteiger partial charge in [0.2, 0.25) is 0 Å². The SMILES string of the molecule is Cc1nc2c(c(=O)n1C)CCN(C(=O)c1ccc([C@@H]3CCCN3)s1)CC2. The molecule has 7 heteroatoms. The van der Waals surface area contributed by atoms with Gasteiger partial charge in [0, 0.05) is 43.0 Å². The van der Waals surface area contributed by atoms with E-state index in [1.54, 1.807) is 23.0 Å².